The van der Waals surface area contributed by atoms with Gasteiger partial charge in [-0.2, -0.15) is 4.31 Å². The van der Waals surface area contributed by atoms with E-state index >= 15 is 0 Å². The molecule has 0 unspecified atom stereocenters. The minimum atomic E-state index is -3.80. The summed E-state index contributed by atoms with van der Waals surface area (Å²) in [6, 6.07) is 20.8. The van der Waals surface area contributed by atoms with Crippen LogP contribution in [0.1, 0.15) is 53.0 Å². The van der Waals surface area contributed by atoms with Gasteiger partial charge in [0, 0.05) is 22.3 Å². The third-order valence-corrected chi connectivity index (χ3v) is 9.51. The summed E-state index contributed by atoms with van der Waals surface area (Å²) in [5, 5.41) is 0. The number of rotatable bonds is 9. The van der Waals surface area contributed by atoms with E-state index < -0.39 is 10.0 Å². The van der Waals surface area contributed by atoms with Crippen molar-refractivity contribution >= 4 is 27.3 Å². The first kappa shape index (κ1) is 25.6. The van der Waals surface area contributed by atoms with E-state index in [9.17, 15) is 13.2 Å². The first-order valence-corrected chi connectivity index (χ1v) is 14.5. The van der Waals surface area contributed by atoms with Crippen molar-refractivity contribution in [1.82, 2.24) is 9.21 Å². The van der Waals surface area contributed by atoms with Crippen LogP contribution in [0.25, 0.3) is 0 Å². The average Bonchev–Trinajstić information content (AvgIpc) is 3.28. The summed E-state index contributed by atoms with van der Waals surface area (Å²) in [7, 11) is -3.80. The fourth-order valence-corrected chi connectivity index (χ4v) is 7.19. The summed E-state index contributed by atoms with van der Waals surface area (Å²) < 4.78 is 29.0. The molecule has 186 valence electrons. The van der Waals surface area contributed by atoms with Crippen molar-refractivity contribution in [2.24, 2.45) is 0 Å². The number of hydrogen-bond donors (Lipinski definition) is 0. The van der Waals surface area contributed by atoms with Crippen LogP contribution in [-0.4, -0.2) is 36.1 Å². The predicted molar refractivity (Wildman–Crippen MR) is 142 cm³/mol. The monoisotopic (exact) mass is 510 g/mol. The standard InChI is InChI=1S/C28H34N2O3S2/c1-22-13-17-27(18-14-22)35(32,33)30(25-11-7-4-8-12-25)21-28(31)29(19-24-9-5-3-6-10-24)20-26-16-15-23(2)34-26/h3,5-6,9-10,13-18,25H,4,7-8,11-12,19-21H2,1-2H3. The van der Waals surface area contributed by atoms with Crippen LogP contribution in [0.3, 0.4) is 0 Å². The molecule has 4 rings (SSSR count). The van der Waals surface area contributed by atoms with Gasteiger partial charge in [0.1, 0.15) is 0 Å². The number of thiophene rings is 1. The quantitative estimate of drug-likeness (QED) is 0.359. The van der Waals surface area contributed by atoms with Gasteiger partial charge in [-0.1, -0.05) is 67.3 Å². The zero-order valence-electron chi connectivity index (χ0n) is 20.5. The molecule has 1 aliphatic rings. The highest BCUT2D eigenvalue weighted by molar-refractivity contribution is 7.89. The van der Waals surface area contributed by atoms with Gasteiger partial charge in [0.15, 0.2) is 0 Å². The Hall–Kier alpha value is -2.48. The molecule has 1 saturated carbocycles. The molecule has 0 saturated heterocycles. The van der Waals surface area contributed by atoms with Gasteiger partial charge in [-0.15, -0.1) is 11.3 Å². The lowest BCUT2D eigenvalue weighted by Crippen LogP contribution is -2.47. The van der Waals surface area contributed by atoms with Crippen LogP contribution in [0.15, 0.2) is 71.6 Å². The van der Waals surface area contributed by atoms with Gasteiger partial charge in [-0.3, -0.25) is 4.79 Å². The van der Waals surface area contributed by atoms with Crippen molar-refractivity contribution in [1.29, 1.82) is 0 Å². The van der Waals surface area contributed by atoms with E-state index in [2.05, 4.69) is 13.0 Å². The van der Waals surface area contributed by atoms with Crippen LogP contribution >= 0.6 is 11.3 Å². The largest absolute Gasteiger partial charge is 0.332 e. The molecule has 0 spiro atoms. The Morgan fingerprint density at radius 2 is 1.57 bits per heavy atom. The lowest BCUT2D eigenvalue weighted by atomic mass is 9.95. The van der Waals surface area contributed by atoms with Crippen molar-refractivity contribution in [2.75, 3.05) is 6.54 Å². The van der Waals surface area contributed by atoms with E-state index in [-0.39, 0.29) is 23.4 Å². The fourth-order valence-electron chi connectivity index (χ4n) is 4.65. The van der Waals surface area contributed by atoms with Crippen LogP contribution < -0.4 is 0 Å². The second kappa shape index (κ2) is 11.5. The van der Waals surface area contributed by atoms with Crippen molar-refractivity contribution < 1.29 is 13.2 Å². The molecule has 0 aliphatic heterocycles. The van der Waals surface area contributed by atoms with E-state index in [0.29, 0.717) is 13.1 Å². The summed E-state index contributed by atoms with van der Waals surface area (Å²) in [6.45, 7) is 4.76. The maximum Gasteiger partial charge on any atom is 0.243 e. The Morgan fingerprint density at radius 1 is 0.886 bits per heavy atom. The van der Waals surface area contributed by atoms with Crippen molar-refractivity contribution in [3.63, 3.8) is 0 Å². The van der Waals surface area contributed by atoms with Gasteiger partial charge in [0.05, 0.1) is 18.0 Å². The molecule has 7 heteroatoms. The average molecular weight is 511 g/mol. The lowest BCUT2D eigenvalue weighted by molar-refractivity contribution is -0.133. The predicted octanol–water partition coefficient (Wildman–Crippen LogP) is 5.92. The Labute approximate surface area is 213 Å². The summed E-state index contributed by atoms with van der Waals surface area (Å²) >= 11 is 1.67. The molecular weight excluding hydrogens is 476 g/mol. The first-order valence-electron chi connectivity index (χ1n) is 12.3. The summed E-state index contributed by atoms with van der Waals surface area (Å²) in [4.78, 5) is 18.1. The van der Waals surface area contributed by atoms with Crippen molar-refractivity contribution in [3.8, 4) is 0 Å². The van der Waals surface area contributed by atoms with E-state index in [1.165, 1.54) is 9.18 Å². The molecular formula is C28H34N2O3S2. The van der Waals surface area contributed by atoms with E-state index in [1.807, 2.05) is 55.5 Å². The van der Waals surface area contributed by atoms with Gasteiger partial charge in [-0.25, -0.2) is 8.42 Å². The molecule has 1 aromatic heterocycles. The van der Waals surface area contributed by atoms with Gasteiger partial charge >= 0.3 is 0 Å². The summed E-state index contributed by atoms with van der Waals surface area (Å²) in [5.74, 6) is -0.166. The number of aryl methyl sites for hydroxylation is 2. The van der Waals surface area contributed by atoms with Crippen LogP contribution in [0, 0.1) is 13.8 Å². The van der Waals surface area contributed by atoms with E-state index in [0.717, 1.165) is 48.1 Å². The van der Waals surface area contributed by atoms with Gasteiger partial charge < -0.3 is 4.90 Å². The van der Waals surface area contributed by atoms with Crippen LogP contribution in [0.4, 0.5) is 0 Å². The van der Waals surface area contributed by atoms with E-state index in [4.69, 9.17) is 0 Å². The van der Waals surface area contributed by atoms with Gasteiger partial charge in [0.25, 0.3) is 0 Å². The highest BCUT2D eigenvalue weighted by atomic mass is 32.2. The second-order valence-corrected chi connectivity index (χ2v) is 12.7. The number of benzene rings is 2. The SMILES string of the molecule is Cc1ccc(S(=O)(=O)N(CC(=O)N(Cc2ccccc2)Cc2ccc(C)s2)C2CCCCC2)cc1. The Balaban J connectivity index is 1.62. The third kappa shape index (κ3) is 6.60. The Kier molecular flexibility index (Phi) is 8.42. The molecule has 1 heterocycles. The molecule has 0 N–H and O–H groups in total. The number of carbonyl (C=O) groups excluding carboxylic acids is 1. The van der Waals surface area contributed by atoms with Crippen LogP contribution in [-0.2, 0) is 27.9 Å². The first-order chi connectivity index (χ1) is 16.8. The normalized spacial score (nSPS) is 14.8. The molecule has 3 aromatic rings. The number of hydrogen-bond acceptors (Lipinski definition) is 4. The van der Waals surface area contributed by atoms with E-state index in [1.54, 1.807) is 28.4 Å². The van der Waals surface area contributed by atoms with Crippen molar-refractivity contribution in [3.05, 3.63) is 87.6 Å². The highest BCUT2D eigenvalue weighted by Crippen LogP contribution is 2.29. The smallest absolute Gasteiger partial charge is 0.243 e. The van der Waals surface area contributed by atoms with Gasteiger partial charge in [0.2, 0.25) is 15.9 Å². The maximum atomic E-state index is 13.8. The summed E-state index contributed by atoms with van der Waals surface area (Å²) in [5.41, 5.74) is 2.03. The van der Waals surface area contributed by atoms with Crippen LogP contribution in [0.2, 0.25) is 0 Å². The lowest BCUT2D eigenvalue weighted by Gasteiger charge is -2.34. The van der Waals surface area contributed by atoms with Crippen LogP contribution in [0.5, 0.6) is 0 Å². The minimum absolute atomic E-state index is 0.141. The number of nitrogens with zero attached hydrogens (tertiary/aromatic N) is 2. The fraction of sp³-hybridized carbons (Fsp3) is 0.393. The number of carbonyl (C=O) groups is 1. The molecule has 0 atom stereocenters. The highest BCUT2D eigenvalue weighted by Gasteiger charge is 2.35. The minimum Gasteiger partial charge on any atom is -0.332 e. The zero-order chi connectivity index (χ0) is 24.8. The molecule has 1 fully saturated rings. The van der Waals surface area contributed by atoms with Crippen molar-refractivity contribution in [2.45, 2.75) is 70.0 Å². The molecule has 0 bridgehead atoms. The maximum absolute atomic E-state index is 13.8. The molecule has 35 heavy (non-hydrogen) atoms. The Bertz CT molecular complexity index is 1210. The second-order valence-electron chi connectivity index (χ2n) is 9.40. The van der Waals surface area contributed by atoms with Gasteiger partial charge in [-0.05, 0) is 56.5 Å². The number of amides is 1. The molecule has 1 aliphatic carbocycles. The number of sulfonamides is 1. The Morgan fingerprint density at radius 3 is 2.20 bits per heavy atom. The zero-order valence-corrected chi connectivity index (χ0v) is 22.2. The molecule has 1 amide bonds. The summed E-state index contributed by atoms with van der Waals surface area (Å²) in [6.07, 6.45) is 4.67. The topological polar surface area (TPSA) is 57.7 Å². The molecule has 5 nitrogen and oxygen atoms in total. The molecule has 2 aromatic carbocycles. The molecule has 0 radical (unpaired) electrons. The third-order valence-electron chi connectivity index (χ3n) is 6.61.